The number of benzene rings is 2. The van der Waals surface area contributed by atoms with Gasteiger partial charge in [-0.2, -0.15) is 13.2 Å². The van der Waals surface area contributed by atoms with Crippen molar-refractivity contribution in [3.63, 3.8) is 0 Å². The highest BCUT2D eigenvalue weighted by atomic mass is 35.5. The third-order valence-corrected chi connectivity index (χ3v) is 9.40. The average molecular weight is 570 g/mol. The second kappa shape index (κ2) is 9.46. The molecule has 0 aromatic heterocycles. The van der Waals surface area contributed by atoms with E-state index in [1.54, 1.807) is 12.1 Å². The molecule has 1 aliphatic heterocycles. The lowest BCUT2D eigenvalue weighted by Gasteiger charge is -2.38. The van der Waals surface area contributed by atoms with Gasteiger partial charge in [0.2, 0.25) is 5.67 Å². The van der Waals surface area contributed by atoms with E-state index >= 15 is 4.39 Å². The highest BCUT2D eigenvalue weighted by molar-refractivity contribution is 6.30. The van der Waals surface area contributed by atoms with E-state index in [2.05, 4.69) is 0 Å². The number of carbonyl (C=O) groups excluding carboxylic acids is 1. The van der Waals surface area contributed by atoms with Crippen LogP contribution in [0.25, 0.3) is 0 Å². The maximum absolute atomic E-state index is 16.0. The number of carbonyl (C=O) groups is 2. The normalized spacial score (nSPS) is 30.0. The van der Waals surface area contributed by atoms with Crippen molar-refractivity contribution in [2.45, 2.75) is 80.8 Å². The molecule has 2 aromatic carbocycles. The van der Waals surface area contributed by atoms with Crippen LogP contribution in [0.4, 0.5) is 22.0 Å². The lowest BCUT2D eigenvalue weighted by atomic mass is 9.73. The average Bonchev–Trinajstić information content (AvgIpc) is 3.37. The lowest BCUT2D eigenvalue weighted by molar-refractivity contribution is -0.228. The van der Waals surface area contributed by atoms with E-state index in [-0.39, 0.29) is 38.6 Å². The number of hydrogen-bond acceptors (Lipinski definition) is 2. The number of hydrogen-bond donors (Lipinski definition) is 1. The number of halogens is 6. The van der Waals surface area contributed by atoms with Gasteiger partial charge in [0.15, 0.2) is 5.67 Å². The van der Waals surface area contributed by atoms with E-state index in [1.165, 1.54) is 17.0 Å². The summed E-state index contributed by atoms with van der Waals surface area (Å²) in [6.45, 7) is 0.750. The largest absolute Gasteiger partial charge is 0.481 e. The molecule has 0 spiro atoms. The zero-order valence-corrected chi connectivity index (χ0v) is 22.1. The Labute approximate surface area is 228 Å². The second-order valence-corrected chi connectivity index (χ2v) is 11.8. The molecule has 1 saturated carbocycles. The molecule has 210 valence electrons. The molecule has 2 aliphatic carbocycles. The first-order valence-electron chi connectivity index (χ1n) is 13.0. The Bertz CT molecular complexity index is 1290. The molecule has 3 atom stereocenters. The Balaban J connectivity index is 1.51. The monoisotopic (exact) mass is 569 g/mol. The van der Waals surface area contributed by atoms with Gasteiger partial charge in [-0.15, -0.1) is 0 Å². The Morgan fingerprint density at radius 3 is 2.28 bits per heavy atom. The number of rotatable bonds is 5. The van der Waals surface area contributed by atoms with Gasteiger partial charge in [0.1, 0.15) is 0 Å². The number of likely N-dealkylation sites (tertiary alicyclic amines) is 1. The molecule has 1 N–H and O–H groups in total. The summed E-state index contributed by atoms with van der Waals surface area (Å²) in [4.78, 5) is 26.5. The van der Waals surface area contributed by atoms with Crippen molar-refractivity contribution >= 4 is 23.5 Å². The van der Waals surface area contributed by atoms with Gasteiger partial charge in [0, 0.05) is 23.0 Å². The molecule has 1 amide bonds. The van der Waals surface area contributed by atoms with Gasteiger partial charge in [-0.25, -0.2) is 8.78 Å². The highest BCUT2D eigenvalue weighted by Gasteiger charge is 2.59. The maximum Gasteiger partial charge on any atom is 0.426 e. The highest BCUT2D eigenvalue weighted by Crippen LogP contribution is 2.53. The third-order valence-electron chi connectivity index (χ3n) is 9.15. The van der Waals surface area contributed by atoms with E-state index in [9.17, 15) is 32.3 Å². The van der Waals surface area contributed by atoms with Crippen LogP contribution in [0.2, 0.25) is 5.02 Å². The molecule has 10 heteroatoms. The van der Waals surface area contributed by atoms with Crippen molar-refractivity contribution in [3.8, 4) is 0 Å². The van der Waals surface area contributed by atoms with Gasteiger partial charge < -0.3 is 10.0 Å². The molecule has 2 aromatic rings. The van der Waals surface area contributed by atoms with Crippen LogP contribution < -0.4 is 0 Å². The fourth-order valence-corrected chi connectivity index (χ4v) is 6.90. The Kier molecular flexibility index (Phi) is 6.76. The van der Waals surface area contributed by atoms with Crippen molar-refractivity contribution in [1.82, 2.24) is 4.90 Å². The van der Waals surface area contributed by atoms with Gasteiger partial charge in [-0.05, 0) is 86.3 Å². The molecule has 39 heavy (non-hydrogen) atoms. The standard InChI is InChI=1S/C29H29ClF5NO3/c1-26(31,29(33,34)35)20-4-7-22-19(14-20)15-23-27(22,16-17-2-5-21(30)6-3-17)12-13-36(23)25(39)28(32)10-8-18(9-11-28)24(37)38/h2-7,14,18,23H,8-13,15-16H2,1H3,(H,37,38)/t18-,23?,26?,27?,28+. The van der Waals surface area contributed by atoms with Gasteiger partial charge >= 0.3 is 12.1 Å². The molecule has 1 heterocycles. The molecule has 0 radical (unpaired) electrons. The van der Waals surface area contributed by atoms with Crippen LogP contribution in [0.1, 0.15) is 61.3 Å². The second-order valence-electron chi connectivity index (χ2n) is 11.4. The van der Waals surface area contributed by atoms with Gasteiger partial charge in [-0.1, -0.05) is 41.9 Å². The van der Waals surface area contributed by atoms with Crippen molar-refractivity contribution in [1.29, 1.82) is 0 Å². The number of amides is 1. The van der Waals surface area contributed by atoms with Crippen molar-refractivity contribution in [2.75, 3.05) is 6.54 Å². The fourth-order valence-electron chi connectivity index (χ4n) is 6.78. The van der Waals surface area contributed by atoms with Crippen LogP contribution in [0.3, 0.4) is 0 Å². The van der Waals surface area contributed by atoms with E-state index in [0.29, 0.717) is 30.4 Å². The Hall–Kier alpha value is -2.68. The zero-order valence-electron chi connectivity index (χ0n) is 21.3. The Morgan fingerprint density at radius 2 is 1.69 bits per heavy atom. The summed E-state index contributed by atoms with van der Waals surface area (Å²) in [7, 11) is 0. The van der Waals surface area contributed by atoms with Crippen LogP contribution in [0, 0.1) is 5.92 Å². The molecule has 0 bridgehead atoms. The SMILES string of the molecule is CC(F)(c1ccc2c(c1)CC1N(C(=O)[C@]3(F)CC[C@@H](C(=O)O)CC3)CCC21Cc1ccc(Cl)cc1)C(F)(F)F. The molecular formula is C29H29ClF5NO3. The summed E-state index contributed by atoms with van der Waals surface area (Å²) >= 11 is 6.05. The van der Waals surface area contributed by atoms with Crippen molar-refractivity contribution in [2.24, 2.45) is 5.92 Å². The number of carboxylic acid groups (broad SMARTS) is 1. The summed E-state index contributed by atoms with van der Waals surface area (Å²) in [6, 6.07) is 10.5. The molecule has 5 rings (SSSR count). The third kappa shape index (κ3) is 4.60. The number of aliphatic carboxylic acids is 1. The fraction of sp³-hybridized carbons (Fsp3) is 0.517. The quantitative estimate of drug-likeness (QED) is 0.407. The number of carboxylic acids is 1. The molecule has 3 aliphatic rings. The van der Waals surface area contributed by atoms with Crippen LogP contribution in [-0.2, 0) is 33.5 Å². The number of nitrogens with zero attached hydrogens (tertiary/aromatic N) is 1. The van der Waals surface area contributed by atoms with Gasteiger partial charge in [0.25, 0.3) is 5.91 Å². The van der Waals surface area contributed by atoms with Gasteiger partial charge in [0.05, 0.1) is 5.92 Å². The minimum Gasteiger partial charge on any atom is -0.481 e. The maximum atomic E-state index is 16.0. The van der Waals surface area contributed by atoms with Gasteiger partial charge in [-0.3, -0.25) is 9.59 Å². The summed E-state index contributed by atoms with van der Waals surface area (Å²) < 4.78 is 71.3. The van der Waals surface area contributed by atoms with E-state index < -0.39 is 52.3 Å². The minimum absolute atomic E-state index is 0.0576. The van der Waals surface area contributed by atoms with E-state index in [0.717, 1.165) is 17.2 Å². The lowest BCUT2D eigenvalue weighted by Crippen LogP contribution is -2.52. The summed E-state index contributed by atoms with van der Waals surface area (Å²) in [5.41, 5.74) is -4.81. The summed E-state index contributed by atoms with van der Waals surface area (Å²) in [6.07, 6.45) is -4.31. The van der Waals surface area contributed by atoms with E-state index in [1.807, 2.05) is 12.1 Å². The van der Waals surface area contributed by atoms with Crippen molar-refractivity contribution < 1.29 is 36.6 Å². The first-order chi connectivity index (χ1) is 18.2. The molecular weight excluding hydrogens is 541 g/mol. The van der Waals surface area contributed by atoms with Crippen molar-refractivity contribution in [3.05, 3.63) is 69.7 Å². The predicted octanol–water partition coefficient (Wildman–Crippen LogP) is 6.71. The molecule has 3 unspecified atom stereocenters. The predicted molar refractivity (Wildman–Crippen MR) is 135 cm³/mol. The summed E-state index contributed by atoms with van der Waals surface area (Å²) in [5.74, 6) is -2.40. The zero-order chi connectivity index (χ0) is 28.4. The first-order valence-corrected chi connectivity index (χ1v) is 13.4. The molecule has 2 fully saturated rings. The summed E-state index contributed by atoms with van der Waals surface area (Å²) in [5, 5.41) is 9.82. The first kappa shape index (κ1) is 27.9. The van der Waals surface area contributed by atoms with Crippen LogP contribution in [-0.4, -0.2) is 46.3 Å². The number of alkyl halides is 5. The smallest absolute Gasteiger partial charge is 0.426 e. The number of fused-ring (bicyclic) bond motifs is 3. The topological polar surface area (TPSA) is 57.6 Å². The Morgan fingerprint density at radius 1 is 1.05 bits per heavy atom. The minimum atomic E-state index is -5.10. The van der Waals surface area contributed by atoms with Crippen LogP contribution >= 0.6 is 11.6 Å². The molecule has 1 saturated heterocycles. The van der Waals surface area contributed by atoms with Crippen LogP contribution in [0.5, 0.6) is 0 Å². The van der Waals surface area contributed by atoms with Crippen LogP contribution in [0.15, 0.2) is 42.5 Å². The van der Waals surface area contributed by atoms with E-state index in [4.69, 9.17) is 11.6 Å². The molecule has 4 nitrogen and oxygen atoms in total.